The summed E-state index contributed by atoms with van der Waals surface area (Å²) in [7, 11) is 0. The molecule has 0 atom stereocenters. The molecule has 0 spiro atoms. The monoisotopic (exact) mass is 204 g/mol. The number of β-amino-alcohol motifs (C(OH)–C–C–N with tert-alkyl or cyclic N) is 1. The molecule has 15 heavy (non-hydrogen) atoms. The van der Waals surface area contributed by atoms with Crippen molar-refractivity contribution in [3.8, 4) is 0 Å². The van der Waals surface area contributed by atoms with Crippen molar-refractivity contribution >= 4 is 11.4 Å². The van der Waals surface area contributed by atoms with Gasteiger partial charge < -0.3 is 5.11 Å². The minimum Gasteiger partial charge on any atom is -0.390 e. The Morgan fingerprint density at radius 3 is 2.60 bits per heavy atom. The largest absolute Gasteiger partial charge is 0.390 e. The summed E-state index contributed by atoms with van der Waals surface area (Å²) in [5, 5.41) is 9.09. The fourth-order valence-corrected chi connectivity index (χ4v) is 2.34. The fourth-order valence-electron chi connectivity index (χ4n) is 2.34. The minimum absolute atomic E-state index is 0.0891. The maximum absolute atomic E-state index is 9.09. The second-order valence-corrected chi connectivity index (χ2v) is 4.60. The molecule has 1 heterocycles. The van der Waals surface area contributed by atoms with Crippen molar-refractivity contribution < 1.29 is 9.68 Å². The molecule has 2 rings (SSSR count). The number of hydrogen-bond acceptors (Lipinski definition) is 1. The standard InChI is InChI=1S/C13H18NO/c1-10-13(2,3)11-6-4-5-7-12(11)14(10)8-9-15/h4-7,15H,8-9H2,1-3H3/q+1. The van der Waals surface area contributed by atoms with Crippen molar-refractivity contribution in [2.75, 3.05) is 13.2 Å². The summed E-state index contributed by atoms with van der Waals surface area (Å²) in [6, 6.07) is 8.44. The van der Waals surface area contributed by atoms with Gasteiger partial charge in [-0.3, -0.25) is 0 Å². The second kappa shape index (κ2) is 3.46. The Hall–Kier alpha value is -1.15. The zero-order chi connectivity index (χ0) is 11.1. The lowest BCUT2D eigenvalue weighted by Crippen LogP contribution is -2.27. The predicted octanol–water partition coefficient (Wildman–Crippen LogP) is 2.07. The second-order valence-electron chi connectivity index (χ2n) is 4.60. The normalized spacial score (nSPS) is 18.1. The highest BCUT2D eigenvalue weighted by Gasteiger charge is 2.42. The minimum atomic E-state index is 0.0891. The summed E-state index contributed by atoms with van der Waals surface area (Å²) in [6.45, 7) is 7.50. The number of para-hydroxylation sites is 1. The molecular weight excluding hydrogens is 186 g/mol. The molecule has 2 heteroatoms. The summed E-state index contributed by atoms with van der Waals surface area (Å²) in [4.78, 5) is 0. The van der Waals surface area contributed by atoms with E-state index < -0.39 is 0 Å². The Morgan fingerprint density at radius 2 is 1.93 bits per heavy atom. The Labute approximate surface area is 90.9 Å². The molecule has 1 aliphatic rings. The van der Waals surface area contributed by atoms with Gasteiger partial charge in [0.05, 0.1) is 5.41 Å². The molecular formula is C13H18NO+. The van der Waals surface area contributed by atoms with Crippen LogP contribution in [0.5, 0.6) is 0 Å². The van der Waals surface area contributed by atoms with Crippen molar-refractivity contribution in [3.63, 3.8) is 0 Å². The van der Waals surface area contributed by atoms with E-state index in [1.165, 1.54) is 17.0 Å². The number of aliphatic hydroxyl groups excluding tert-OH is 1. The van der Waals surface area contributed by atoms with Gasteiger partial charge in [0, 0.05) is 18.6 Å². The summed E-state index contributed by atoms with van der Waals surface area (Å²) >= 11 is 0. The van der Waals surface area contributed by atoms with Crippen LogP contribution >= 0.6 is 0 Å². The summed E-state index contributed by atoms with van der Waals surface area (Å²) in [5.41, 5.74) is 4.01. The van der Waals surface area contributed by atoms with Crippen LogP contribution in [0.1, 0.15) is 26.3 Å². The van der Waals surface area contributed by atoms with Crippen LogP contribution in [0.4, 0.5) is 5.69 Å². The average Bonchev–Trinajstić information content (AvgIpc) is 2.42. The molecule has 0 saturated carbocycles. The number of hydrogen-bond donors (Lipinski definition) is 1. The van der Waals surface area contributed by atoms with Crippen LogP contribution in [0.15, 0.2) is 24.3 Å². The van der Waals surface area contributed by atoms with Gasteiger partial charge in [-0.05, 0) is 13.8 Å². The molecule has 0 saturated heterocycles. The molecule has 2 nitrogen and oxygen atoms in total. The molecule has 80 valence electrons. The maximum Gasteiger partial charge on any atom is 0.209 e. The predicted molar refractivity (Wildman–Crippen MR) is 62.0 cm³/mol. The molecule has 0 amide bonds. The zero-order valence-corrected chi connectivity index (χ0v) is 9.62. The van der Waals surface area contributed by atoms with Crippen LogP contribution in [0.25, 0.3) is 0 Å². The molecule has 1 N–H and O–H groups in total. The lowest BCUT2D eigenvalue weighted by Gasteiger charge is -2.14. The number of rotatable bonds is 2. The van der Waals surface area contributed by atoms with E-state index in [0.29, 0.717) is 6.54 Å². The average molecular weight is 204 g/mol. The molecule has 0 bridgehead atoms. The van der Waals surface area contributed by atoms with E-state index in [-0.39, 0.29) is 12.0 Å². The van der Waals surface area contributed by atoms with E-state index >= 15 is 0 Å². The van der Waals surface area contributed by atoms with E-state index in [4.69, 9.17) is 5.11 Å². The highest BCUT2D eigenvalue weighted by molar-refractivity contribution is 5.93. The summed E-state index contributed by atoms with van der Waals surface area (Å²) in [6.07, 6.45) is 0. The maximum atomic E-state index is 9.09. The van der Waals surface area contributed by atoms with Crippen LogP contribution in [0, 0.1) is 0 Å². The number of aliphatic hydroxyl groups is 1. The third-order valence-corrected chi connectivity index (χ3v) is 3.50. The van der Waals surface area contributed by atoms with E-state index in [1.807, 2.05) is 0 Å². The van der Waals surface area contributed by atoms with Crippen LogP contribution in [-0.4, -0.2) is 28.5 Å². The van der Waals surface area contributed by atoms with E-state index in [1.54, 1.807) is 0 Å². The van der Waals surface area contributed by atoms with Gasteiger partial charge in [-0.25, -0.2) is 0 Å². The first-order valence-corrected chi connectivity index (χ1v) is 5.41. The molecule has 1 aliphatic heterocycles. The van der Waals surface area contributed by atoms with Crippen LogP contribution in [-0.2, 0) is 5.41 Å². The van der Waals surface area contributed by atoms with E-state index in [2.05, 4.69) is 49.6 Å². The Balaban J connectivity index is 2.60. The van der Waals surface area contributed by atoms with E-state index in [0.717, 1.165) is 0 Å². The van der Waals surface area contributed by atoms with Crippen molar-refractivity contribution in [1.29, 1.82) is 0 Å². The van der Waals surface area contributed by atoms with Crippen LogP contribution < -0.4 is 0 Å². The first-order chi connectivity index (χ1) is 7.09. The van der Waals surface area contributed by atoms with Crippen LogP contribution in [0.3, 0.4) is 0 Å². The number of fused-ring (bicyclic) bond motifs is 1. The quantitative estimate of drug-likeness (QED) is 0.732. The molecule has 0 radical (unpaired) electrons. The zero-order valence-electron chi connectivity index (χ0n) is 9.62. The van der Waals surface area contributed by atoms with Gasteiger partial charge in [-0.1, -0.05) is 18.2 Å². The van der Waals surface area contributed by atoms with Crippen molar-refractivity contribution in [3.05, 3.63) is 29.8 Å². The SMILES string of the molecule is CC1=[N+](CCO)c2ccccc2C1(C)C. The fraction of sp³-hybridized carbons (Fsp3) is 0.462. The summed E-state index contributed by atoms with van der Waals surface area (Å²) < 4.78 is 2.22. The highest BCUT2D eigenvalue weighted by atomic mass is 16.3. The van der Waals surface area contributed by atoms with Crippen molar-refractivity contribution in [1.82, 2.24) is 0 Å². The van der Waals surface area contributed by atoms with Crippen LogP contribution in [0.2, 0.25) is 0 Å². The third-order valence-electron chi connectivity index (χ3n) is 3.50. The highest BCUT2D eigenvalue weighted by Crippen LogP contribution is 2.38. The van der Waals surface area contributed by atoms with E-state index in [9.17, 15) is 0 Å². The van der Waals surface area contributed by atoms with Gasteiger partial charge in [-0.15, -0.1) is 0 Å². The Kier molecular flexibility index (Phi) is 2.39. The van der Waals surface area contributed by atoms with Gasteiger partial charge in [0.25, 0.3) is 0 Å². The molecule has 1 aromatic rings. The Morgan fingerprint density at radius 1 is 1.27 bits per heavy atom. The van der Waals surface area contributed by atoms with Gasteiger partial charge in [0.1, 0.15) is 6.61 Å². The molecule has 0 fully saturated rings. The lowest BCUT2D eigenvalue weighted by atomic mass is 9.82. The topological polar surface area (TPSA) is 23.2 Å². The third kappa shape index (κ3) is 1.40. The smallest absolute Gasteiger partial charge is 0.209 e. The van der Waals surface area contributed by atoms with Gasteiger partial charge >= 0.3 is 0 Å². The summed E-state index contributed by atoms with van der Waals surface area (Å²) in [5.74, 6) is 0. The Bertz CT molecular complexity index is 418. The first kappa shape index (κ1) is 10.4. The molecule has 0 unspecified atom stereocenters. The molecule has 0 aliphatic carbocycles. The number of benzene rings is 1. The van der Waals surface area contributed by atoms with Crippen molar-refractivity contribution in [2.24, 2.45) is 0 Å². The van der Waals surface area contributed by atoms with Gasteiger partial charge in [0.15, 0.2) is 12.3 Å². The number of nitrogens with zero attached hydrogens (tertiary/aromatic N) is 1. The van der Waals surface area contributed by atoms with Gasteiger partial charge in [0.2, 0.25) is 5.69 Å². The van der Waals surface area contributed by atoms with Crippen molar-refractivity contribution in [2.45, 2.75) is 26.2 Å². The lowest BCUT2D eigenvalue weighted by molar-refractivity contribution is -0.442. The molecule has 1 aromatic carbocycles. The molecule has 0 aromatic heterocycles. The van der Waals surface area contributed by atoms with Gasteiger partial charge in [-0.2, -0.15) is 4.58 Å². The first-order valence-electron chi connectivity index (χ1n) is 5.41.